The van der Waals surface area contributed by atoms with Gasteiger partial charge in [0.15, 0.2) is 5.96 Å². The van der Waals surface area contributed by atoms with Crippen molar-refractivity contribution < 1.29 is 9.47 Å². The van der Waals surface area contributed by atoms with E-state index in [9.17, 15) is 0 Å². The quantitative estimate of drug-likeness (QED) is 0.268. The van der Waals surface area contributed by atoms with Gasteiger partial charge in [-0.2, -0.15) is 0 Å². The van der Waals surface area contributed by atoms with Crippen LogP contribution in [0.3, 0.4) is 0 Å². The van der Waals surface area contributed by atoms with E-state index in [1.54, 1.807) is 7.05 Å². The molecule has 2 rings (SSSR count). The zero-order valence-corrected chi connectivity index (χ0v) is 18.1. The normalized spacial score (nSPS) is 17.2. The molecule has 0 aliphatic carbocycles. The van der Waals surface area contributed by atoms with Crippen LogP contribution >= 0.6 is 35.6 Å². The molecule has 1 aliphatic heterocycles. The first kappa shape index (κ1) is 22.5. The van der Waals surface area contributed by atoms with Crippen LogP contribution < -0.4 is 5.32 Å². The molecule has 1 fully saturated rings. The molecule has 1 saturated heterocycles. The Balaban J connectivity index is 0.00000312. The third-order valence-corrected chi connectivity index (χ3v) is 4.43. The van der Waals surface area contributed by atoms with Crippen LogP contribution in [0, 0.1) is 5.92 Å². The van der Waals surface area contributed by atoms with Crippen molar-refractivity contribution >= 4 is 41.5 Å². The molecular formula is C18H29ClIN3O2. The standard InChI is InChI=1S/C18H28ClN3O2.HI/c1-20-18(22(2)12-16-6-3-4-7-17(16)19)21-9-5-10-23-13-15-8-11-24-14-15;/h3-4,6-7,15H,5,8-14H2,1-2H3,(H,20,21);1H. The summed E-state index contributed by atoms with van der Waals surface area (Å²) in [5.74, 6) is 1.44. The van der Waals surface area contributed by atoms with Crippen molar-refractivity contribution in [2.75, 3.05) is 47.1 Å². The number of nitrogens with one attached hydrogen (secondary N) is 1. The number of halogens is 2. The molecule has 1 atom stereocenters. The number of hydrogen-bond donors (Lipinski definition) is 1. The van der Waals surface area contributed by atoms with Crippen LogP contribution in [0.4, 0.5) is 0 Å². The maximum absolute atomic E-state index is 6.22. The van der Waals surface area contributed by atoms with Crippen molar-refractivity contribution in [1.29, 1.82) is 0 Å². The van der Waals surface area contributed by atoms with E-state index in [1.165, 1.54) is 0 Å². The molecular weight excluding hydrogens is 453 g/mol. The highest BCUT2D eigenvalue weighted by atomic mass is 127. The van der Waals surface area contributed by atoms with E-state index in [-0.39, 0.29) is 24.0 Å². The minimum absolute atomic E-state index is 0. The van der Waals surface area contributed by atoms with Gasteiger partial charge in [0.25, 0.3) is 0 Å². The molecule has 0 radical (unpaired) electrons. The summed E-state index contributed by atoms with van der Waals surface area (Å²) in [5, 5.41) is 4.15. The maximum atomic E-state index is 6.22. The molecule has 142 valence electrons. The zero-order chi connectivity index (χ0) is 17.2. The van der Waals surface area contributed by atoms with Crippen molar-refractivity contribution in [2.24, 2.45) is 10.9 Å². The first-order valence-electron chi connectivity index (χ1n) is 8.51. The molecule has 25 heavy (non-hydrogen) atoms. The lowest BCUT2D eigenvalue weighted by atomic mass is 10.1. The Kier molecular flexibility index (Phi) is 11.4. The molecule has 0 spiro atoms. The Morgan fingerprint density at radius 1 is 1.44 bits per heavy atom. The fraction of sp³-hybridized carbons (Fsp3) is 0.611. The summed E-state index contributed by atoms with van der Waals surface area (Å²) < 4.78 is 11.1. The van der Waals surface area contributed by atoms with Gasteiger partial charge in [0.05, 0.1) is 13.2 Å². The first-order valence-corrected chi connectivity index (χ1v) is 8.89. The van der Waals surface area contributed by atoms with Gasteiger partial charge < -0.3 is 19.7 Å². The van der Waals surface area contributed by atoms with Crippen molar-refractivity contribution in [2.45, 2.75) is 19.4 Å². The lowest BCUT2D eigenvalue weighted by molar-refractivity contribution is 0.0887. The summed E-state index contributed by atoms with van der Waals surface area (Å²) in [5.41, 5.74) is 1.09. The second kappa shape index (κ2) is 12.7. The third-order valence-electron chi connectivity index (χ3n) is 4.06. The van der Waals surface area contributed by atoms with E-state index >= 15 is 0 Å². The smallest absolute Gasteiger partial charge is 0.193 e. The predicted molar refractivity (Wildman–Crippen MR) is 114 cm³/mol. The van der Waals surface area contributed by atoms with Gasteiger partial charge in [-0.25, -0.2) is 0 Å². The Morgan fingerprint density at radius 2 is 2.24 bits per heavy atom. The van der Waals surface area contributed by atoms with Gasteiger partial charge in [0.2, 0.25) is 0 Å². The summed E-state index contributed by atoms with van der Waals surface area (Å²) >= 11 is 6.22. The average molecular weight is 482 g/mol. The average Bonchev–Trinajstić information content (AvgIpc) is 3.09. The van der Waals surface area contributed by atoms with Crippen LogP contribution in [0.5, 0.6) is 0 Å². The molecule has 7 heteroatoms. The van der Waals surface area contributed by atoms with Gasteiger partial charge in [-0.1, -0.05) is 29.8 Å². The number of aliphatic imine (C=N–C) groups is 1. The number of guanidine groups is 1. The van der Waals surface area contributed by atoms with Crippen LogP contribution in [0.1, 0.15) is 18.4 Å². The van der Waals surface area contributed by atoms with E-state index in [0.717, 1.165) is 68.9 Å². The Labute approximate surface area is 173 Å². The highest BCUT2D eigenvalue weighted by molar-refractivity contribution is 14.0. The minimum Gasteiger partial charge on any atom is -0.381 e. The van der Waals surface area contributed by atoms with Crippen molar-refractivity contribution in [3.8, 4) is 0 Å². The second-order valence-corrected chi connectivity index (χ2v) is 6.49. The number of ether oxygens (including phenoxy) is 2. The minimum atomic E-state index is 0. The van der Waals surface area contributed by atoms with Crippen molar-refractivity contribution in [3.63, 3.8) is 0 Å². The van der Waals surface area contributed by atoms with Gasteiger partial charge in [-0.3, -0.25) is 4.99 Å². The zero-order valence-electron chi connectivity index (χ0n) is 15.0. The number of rotatable bonds is 8. The lowest BCUT2D eigenvalue weighted by Crippen LogP contribution is -2.39. The predicted octanol–water partition coefficient (Wildman–Crippen LogP) is 3.41. The topological polar surface area (TPSA) is 46.1 Å². The Morgan fingerprint density at radius 3 is 2.92 bits per heavy atom. The van der Waals surface area contributed by atoms with Crippen molar-refractivity contribution in [1.82, 2.24) is 10.2 Å². The number of nitrogens with zero attached hydrogens (tertiary/aromatic N) is 2. The van der Waals surface area contributed by atoms with Gasteiger partial charge >= 0.3 is 0 Å². The largest absolute Gasteiger partial charge is 0.381 e. The first-order chi connectivity index (χ1) is 11.7. The molecule has 1 aromatic carbocycles. The SMILES string of the molecule is CN=C(NCCCOCC1CCOC1)N(C)Cc1ccccc1Cl.I. The van der Waals surface area contributed by atoms with E-state index in [1.807, 2.05) is 31.3 Å². The van der Waals surface area contributed by atoms with Crippen LogP contribution in [-0.4, -0.2) is 57.9 Å². The van der Waals surface area contributed by atoms with Gasteiger partial charge in [0.1, 0.15) is 0 Å². The van der Waals surface area contributed by atoms with E-state index < -0.39 is 0 Å². The third kappa shape index (κ3) is 8.11. The highest BCUT2D eigenvalue weighted by Gasteiger charge is 2.15. The van der Waals surface area contributed by atoms with Crippen LogP contribution in [0.15, 0.2) is 29.3 Å². The Hall–Kier alpha value is -0.570. The highest BCUT2D eigenvalue weighted by Crippen LogP contribution is 2.16. The van der Waals surface area contributed by atoms with E-state index in [4.69, 9.17) is 21.1 Å². The monoisotopic (exact) mass is 481 g/mol. The molecule has 1 heterocycles. The molecule has 5 nitrogen and oxygen atoms in total. The molecule has 1 unspecified atom stereocenters. The van der Waals surface area contributed by atoms with Crippen molar-refractivity contribution in [3.05, 3.63) is 34.9 Å². The summed E-state index contributed by atoms with van der Waals surface area (Å²) in [6.07, 6.45) is 2.07. The summed E-state index contributed by atoms with van der Waals surface area (Å²) in [6.45, 7) is 4.84. The summed E-state index contributed by atoms with van der Waals surface area (Å²) in [6, 6.07) is 7.88. The molecule has 1 aromatic rings. The lowest BCUT2D eigenvalue weighted by Gasteiger charge is -2.22. The molecule has 0 bridgehead atoms. The van der Waals surface area contributed by atoms with E-state index in [2.05, 4.69) is 15.2 Å². The molecule has 0 amide bonds. The van der Waals surface area contributed by atoms with E-state index in [0.29, 0.717) is 5.92 Å². The van der Waals surface area contributed by atoms with Crippen LogP contribution in [0.25, 0.3) is 0 Å². The van der Waals surface area contributed by atoms with Crippen LogP contribution in [-0.2, 0) is 16.0 Å². The molecule has 0 saturated carbocycles. The summed E-state index contributed by atoms with van der Waals surface area (Å²) in [4.78, 5) is 6.39. The molecule has 1 aliphatic rings. The molecule has 0 aromatic heterocycles. The summed E-state index contributed by atoms with van der Waals surface area (Å²) in [7, 11) is 3.80. The second-order valence-electron chi connectivity index (χ2n) is 6.08. The fourth-order valence-electron chi connectivity index (χ4n) is 2.68. The molecule has 1 N–H and O–H groups in total. The Bertz CT molecular complexity index is 525. The van der Waals surface area contributed by atoms with Gasteiger partial charge in [-0.05, 0) is 24.5 Å². The number of benzene rings is 1. The van der Waals surface area contributed by atoms with Crippen LogP contribution in [0.2, 0.25) is 5.02 Å². The maximum Gasteiger partial charge on any atom is 0.193 e. The van der Waals surface area contributed by atoms with Gasteiger partial charge in [-0.15, -0.1) is 24.0 Å². The fourth-order valence-corrected chi connectivity index (χ4v) is 2.88. The van der Waals surface area contributed by atoms with Gasteiger partial charge in [0, 0.05) is 51.3 Å². The number of hydrogen-bond acceptors (Lipinski definition) is 3.